The fourth-order valence-corrected chi connectivity index (χ4v) is 1.23. The Morgan fingerprint density at radius 3 is 2.90 bits per heavy atom. The van der Waals surface area contributed by atoms with E-state index >= 15 is 0 Å². The van der Waals surface area contributed by atoms with E-state index in [1.807, 2.05) is 0 Å². The molecule has 1 heterocycles. The van der Waals surface area contributed by atoms with Gasteiger partial charge in [-0.25, -0.2) is 0 Å². The molecule has 0 aromatic carbocycles. The molecule has 1 unspecified atom stereocenters. The van der Waals surface area contributed by atoms with Crippen molar-refractivity contribution in [2.45, 2.75) is 13.0 Å². The van der Waals surface area contributed by atoms with Crippen LogP contribution >= 0.6 is 11.8 Å². The fourth-order valence-electron chi connectivity index (χ4n) is 0.456. The maximum absolute atomic E-state index is 10.9. The van der Waals surface area contributed by atoms with Gasteiger partial charge in [0.05, 0.1) is 12.7 Å². The van der Waals surface area contributed by atoms with E-state index in [1.54, 1.807) is 6.92 Å². The van der Waals surface area contributed by atoms with E-state index in [4.69, 9.17) is 4.74 Å². The van der Waals surface area contributed by atoms with Crippen molar-refractivity contribution in [1.82, 2.24) is 0 Å². The number of hydrogen-bond acceptors (Lipinski definition) is 3. The second-order valence-corrected chi connectivity index (χ2v) is 3.33. The molecule has 0 aliphatic carbocycles. The van der Waals surface area contributed by atoms with Crippen molar-refractivity contribution in [2.75, 3.05) is 12.4 Å². The lowest BCUT2D eigenvalue weighted by Gasteiger charge is -1.94. The molecule has 1 saturated heterocycles. The summed E-state index contributed by atoms with van der Waals surface area (Å²) in [7, 11) is 0. The van der Waals surface area contributed by atoms with Crippen LogP contribution in [0.15, 0.2) is 12.2 Å². The standard InChI is InChI=1S/C7H10O2S/c1-5(2)7(8)10-4-6-3-9-6/h6H,1,3-4H2,2H3. The number of epoxide rings is 1. The maximum Gasteiger partial charge on any atom is 0.214 e. The molecule has 10 heavy (non-hydrogen) atoms. The van der Waals surface area contributed by atoms with Gasteiger partial charge >= 0.3 is 0 Å². The molecule has 3 heteroatoms. The third-order valence-electron chi connectivity index (χ3n) is 1.15. The molecule has 0 spiro atoms. The topological polar surface area (TPSA) is 29.6 Å². The van der Waals surface area contributed by atoms with Gasteiger partial charge in [-0.3, -0.25) is 4.79 Å². The minimum absolute atomic E-state index is 0.0792. The van der Waals surface area contributed by atoms with E-state index in [1.165, 1.54) is 11.8 Å². The van der Waals surface area contributed by atoms with Gasteiger partial charge < -0.3 is 4.74 Å². The molecule has 1 atom stereocenters. The van der Waals surface area contributed by atoms with Gasteiger partial charge in [-0.2, -0.15) is 0 Å². The Balaban J connectivity index is 2.11. The quantitative estimate of drug-likeness (QED) is 0.457. The fraction of sp³-hybridized carbons (Fsp3) is 0.571. The zero-order valence-corrected chi connectivity index (χ0v) is 6.74. The number of thioether (sulfide) groups is 1. The molecular formula is C7H10O2S. The van der Waals surface area contributed by atoms with Crippen molar-refractivity contribution in [1.29, 1.82) is 0 Å². The van der Waals surface area contributed by atoms with E-state index in [9.17, 15) is 4.79 Å². The maximum atomic E-state index is 10.9. The molecule has 56 valence electrons. The number of carbonyl (C=O) groups is 1. The Kier molecular flexibility index (Phi) is 2.51. The molecule has 1 fully saturated rings. The molecule has 2 nitrogen and oxygen atoms in total. The van der Waals surface area contributed by atoms with Crippen molar-refractivity contribution < 1.29 is 9.53 Å². The second kappa shape index (κ2) is 3.21. The van der Waals surface area contributed by atoms with Crippen LogP contribution in [0.2, 0.25) is 0 Å². The van der Waals surface area contributed by atoms with Gasteiger partial charge in [0.2, 0.25) is 5.12 Å². The summed E-state index contributed by atoms with van der Waals surface area (Å²) in [4.78, 5) is 10.9. The summed E-state index contributed by atoms with van der Waals surface area (Å²) in [5, 5.41) is 0.0792. The van der Waals surface area contributed by atoms with E-state index < -0.39 is 0 Å². The van der Waals surface area contributed by atoms with Crippen LogP contribution in [0.5, 0.6) is 0 Å². The highest BCUT2D eigenvalue weighted by Gasteiger charge is 2.23. The minimum atomic E-state index is 0.0792. The molecule has 0 N–H and O–H groups in total. The Morgan fingerprint density at radius 2 is 2.50 bits per heavy atom. The number of carbonyl (C=O) groups excluding carboxylic acids is 1. The summed E-state index contributed by atoms with van der Waals surface area (Å²) in [6, 6.07) is 0. The van der Waals surface area contributed by atoms with Gasteiger partial charge in [-0.05, 0) is 12.5 Å². The predicted octanol–water partition coefficient (Wildman–Crippen LogP) is 1.22. The van der Waals surface area contributed by atoms with Crippen LogP contribution in [0.3, 0.4) is 0 Å². The van der Waals surface area contributed by atoms with Crippen LogP contribution in [-0.4, -0.2) is 23.6 Å². The van der Waals surface area contributed by atoms with Crippen LogP contribution in [0.4, 0.5) is 0 Å². The largest absolute Gasteiger partial charge is 0.372 e. The first-order chi connectivity index (χ1) is 4.70. The molecule has 0 bridgehead atoms. The van der Waals surface area contributed by atoms with Crippen molar-refractivity contribution in [2.24, 2.45) is 0 Å². The SMILES string of the molecule is C=C(C)C(=O)SCC1CO1. The Labute approximate surface area is 64.6 Å². The summed E-state index contributed by atoms with van der Waals surface area (Å²) < 4.78 is 4.94. The third kappa shape index (κ3) is 2.54. The monoisotopic (exact) mass is 158 g/mol. The van der Waals surface area contributed by atoms with Crippen molar-refractivity contribution in [3.63, 3.8) is 0 Å². The van der Waals surface area contributed by atoms with Gasteiger partial charge in [0, 0.05) is 5.75 Å². The molecule has 0 radical (unpaired) electrons. The first kappa shape index (κ1) is 7.82. The van der Waals surface area contributed by atoms with Gasteiger partial charge in [-0.1, -0.05) is 18.3 Å². The molecule has 0 aromatic heterocycles. The third-order valence-corrected chi connectivity index (χ3v) is 2.30. The van der Waals surface area contributed by atoms with Gasteiger partial charge in [0.25, 0.3) is 0 Å². The van der Waals surface area contributed by atoms with Crippen molar-refractivity contribution in [3.8, 4) is 0 Å². The summed E-state index contributed by atoms with van der Waals surface area (Å²) in [6.45, 7) is 6.08. The van der Waals surface area contributed by atoms with Crippen LogP contribution < -0.4 is 0 Å². The van der Waals surface area contributed by atoms with E-state index in [0.717, 1.165) is 12.4 Å². The highest BCUT2D eigenvalue weighted by Crippen LogP contribution is 2.18. The molecule has 1 aliphatic heterocycles. The number of rotatable bonds is 3. The van der Waals surface area contributed by atoms with E-state index in [-0.39, 0.29) is 5.12 Å². The summed E-state index contributed by atoms with van der Waals surface area (Å²) in [5.74, 6) is 0.783. The molecule has 0 aromatic rings. The lowest BCUT2D eigenvalue weighted by Crippen LogP contribution is -1.97. The second-order valence-electron chi connectivity index (χ2n) is 2.33. The molecule has 1 rings (SSSR count). The molecule has 0 amide bonds. The van der Waals surface area contributed by atoms with Crippen LogP contribution in [0, 0.1) is 0 Å². The molecule has 1 aliphatic rings. The summed E-state index contributed by atoms with van der Waals surface area (Å²) in [6.07, 6.45) is 0.327. The minimum Gasteiger partial charge on any atom is -0.372 e. The van der Waals surface area contributed by atoms with E-state index in [0.29, 0.717) is 11.7 Å². The van der Waals surface area contributed by atoms with Gasteiger partial charge in [0.15, 0.2) is 0 Å². The number of hydrogen-bond donors (Lipinski definition) is 0. The average molecular weight is 158 g/mol. The highest BCUT2D eigenvalue weighted by molar-refractivity contribution is 8.14. The first-order valence-corrected chi connectivity index (χ1v) is 4.13. The molecule has 0 saturated carbocycles. The Hall–Kier alpha value is -0.280. The van der Waals surface area contributed by atoms with Crippen LogP contribution in [-0.2, 0) is 9.53 Å². The first-order valence-electron chi connectivity index (χ1n) is 3.14. The molecular weight excluding hydrogens is 148 g/mol. The summed E-state index contributed by atoms with van der Waals surface area (Å²) >= 11 is 1.29. The zero-order chi connectivity index (χ0) is 7.56. The zero-order valence-electron chi connectivity index (χ0n) is 5.92. The smallest absolute Gasteiger partial charge is 0.214 e. The average Bonchev–Trinajstić information content (AvgIpc) is 2.64. The van der Waals surface area contributed by atoms with Gasteiger partial charge in [-0.15, -0.1) is 0 Å². The Bertz CT molecular complexity index is 161. The van der Waals surface area contributed by atoms with Crippen molar-refractivity contribution in [3.05, 3.63) is 12.2 Å². The van der Waals surface area contributed by atoms with Crippen LogP contribution in [0.25, 0.3) is 0 Å². The Morgan fingerprint density at radius 1 is 1.90 bits per heavy atom. The highest BCUT2D eigenvalue weighted by atomic mass is 32.2. The lowest BCUT2D eigenvalue weighted by molar-refractivity contribution is -0.107. The van der Waals surface area contributed by atoms with Crippen LogP contribution in [0.1, 0.15) is 6.92 Å². The van der Waals surface area contributed by atoms with E-state index in [2.05, 4.69) is 6.58 Å². The summed E-state index contributed by atoms with van der Waals surface area (Å²) in [5.41, 5.74) is 0.616. The lowest BCUT2D eigenvalue weighted by atomic mass is 10.4. The number of ether oxygens (including phenoxy) is 1. The normalized spacial score (nSPS) is 22.3. The van der Waals surface area contributed by atoms with Gasteiger partial charge in [0.1, 0.15) is 0 Å². The van der Waals surface area contributed by atoms with Crippen molar-refractivity contribution >= 4 is 16.9 Å². The predicted molar refractivity (Wildman–Crippen MR) is 42.0 cm³/mol.